The molecule has 3 rings (SSSR count). The zero-order valence-corrected chi connectivity index (χ0v) is 15.6. The van der Waals surface area contributed by atoms with Crippen molar-refractivity contribution in [3.8, 4) is 11.3 Å². The third-order valence-corrected chi connectivity index (χ3v) is 5.15. The van der Waals surface area contributed by atoms with Gasteiger partial charge in [0.15, 0.2) is 5.13 Å². The Kier molecular flexibility index (Phi) is 5.29. The van der Waals surface area contributed by atoms with Gasteiger partial charge in [0.2, 0.25) is 0 Å². The fourth-order valence-corrected chi connectivity index (χ4v) is 3.35. The van der Waals surface area contributed by atoms with Crippen molar-refractivity contribution >= 4 is 22.4 Å². The highest BCUT2D eigenvalue weighted by atomic mass is 32.1. The van der Waals surface area contributed by atoms with Gasteiger partial charge in [0.25, 0.3) is 5.91 Å². The van der Waals surface area contributed by atoms with Crippen LogP contribution < -0.4 is 5.32 Å². The molecule has 1 heterocycles. The minimum atomic E-state index is -0.128. The van der Waals surface area contributed by atoms with Gasteiger partial charge < -0.3 is 0 Å². The Labute approximate surface area is 152 Å². The maximum absolute atomic E-state index is 12.3. The Morgan fingerprint density at radius 2 is 1.96 bits per heavy atom. The first-order valence-electron chi connectivity index (χ1n) is 8.50. The second-order valence-corrected chi connectivity index (χ2v) is 7.15. The number of anilines is 1. The summed E-state index contributed by atoms with van der Waals surface area (Å²) in [4.78, 5) is 16.9. The number of nitrogens with one attached hydrogen (secondary N) is 1. The Morgan fingerprint density at radius 1 is 1.20 bits per heavy atom. The molecule has 0 aliphatic heterocycles. The first-order chi connectivity index (χ1) is 12.1. The van der Waals surface area contributed by atoms with Crippen LogP contribution in [0, 0.1) is 6.92 Å². The van der Waals surface area contributed by atoms with Gasteiger partial charge in [0, 0.05) is 16.5 Å². The largest absolute Gasteiger partial charge is 0.298 e. The molecule has 3 aromatic rings. The van der Waals surface area contributed by atoms with Crippen molar-refractivity contribution in [2.75, 3.05) is 5.32 Å². The summed E-state index contributed by atoms with van der Waals surface area (Å²) in [5.74, 6) is 0.436. The molecule has 128 valence electrons. The summed E-state index contributed by atoms with van der Waals surface area (Å²) in [7, 11) is 0. The number of hydrogen-bond acceptors (Lipinski definition) is 3. The maximum atomic E-state index is 12.3. The van der Waals surface area contributed by atoms with Crippen LogP contribution in [0.2, 0.25) is 0 Å². The summed E-state index contributed by atoms with van der Waals surface area (Å²) in [6, 6.07) is 16.1. The topological polar surface area (TPSA) is 42.0 Å². The van der Waals surface area contributed by atoms with Gasteiger partial charge in [-0.25, -0.2) is 4.98 Å². The zero-order chi connectivity index (χ0) is 17.8. The molecule has 0 aliphatic carbocycles. The van der Waals surface area contributed by atoms with Crippen LogP contribution in [-0.2, 0) is 0 Å². The molecule has 0 radical (unpaired) electrons. The summed E-state index contributed by atoms with van der Waals surface area (Å²) in [5.41, 5.74) is 5.01. The Balaban J connectivity index is 1.73. The van der Waals surface area contributed by atoms with Gasteiger partial charge in [-0.05, 0) is 37.0 Å². The summed E-state index contributed by atoms with van der Waals surface area (Å²) < 4.78 is 0. The smallest absolute Gasteiger partial charge is 0.257 e. The number of benzene rings is 2. The summed E-state index contributed by atoms with van der Waals surface area (Å²) >= 11 is 1.44. The van der Waals surface area contributed by atoms with Crippen molar-refractivity contribution in [2.45, 2.75) is 33.1 Å². The van der Waals surface area contributed by atoms with Gasteiger partial charge in [-0.1, -0.05) is 55.8 Å². The van der Waals surface area contributed by atoms with Crippen LogP contribution >= 0.6 is 11.3 Å². The van der Waals surface area contributed by atoms with Crippen molar-refractivity contribution in [3.05, 3.63) is 70.6 Å². The molecule has 25 heavy (non-hydrogen) atoms. The Morgan fingerprint density at radius 3 is 2.64 bits per heavy atom. The molecule has 0 fully saturated rings. The number of rotatable bonds is 5. The van der Waals surface area contributed by atoms with Crippen molar-refractivity contribution in [1.29, 1.82) is 0 Å². The number of thiazole rings is 1. The van der Waals surface area contributed by atoms with E-state index < -0.39 is 0 Å². The summed E-state index contributed by atoms with van der Waals surface area (Å²) in [6.07, 6.45) is 1.13. The van der Waals surface area contributed by atoms with E-state index in [1.54, 1.807) is 0 Å². The highest BCUT2D eigenvalue weighted by Crippen LogP contribution is 2.27. The van der Waals surface area contributed by atoms with E-state index in [1.807, 2.05) is 36.6 Å². The molecule has 0 saturated carbocycles. The van der Waals surface area contributed by atoms with E-state index in [2.05, 4.69) is 48.4 Å². The molecule has 1 amide bonds. The van der Waals surface area contributed by atoms with Crippen LogP contribution in [0.15, 0.2) is 53.9 Å². The van der Waals surface area contributed by atoms with Gasteiger partial charge in [-0.2, -0.15) is 0 Å². The molecule has 1 unspecified atom stereocenters. The van der Waals surface area contributed by atoms with Gasteiger partial charge in [0.1, 0.15) is 0 Å². The molecule has 0 spiro atoms. The van der Waals surface area contributed by atoms with Gasteiger partial charge in [-0.15, -0.1) is 11.3 Å². The number of amides is 1. The van der Waals surface area contributed by atoms with E-state index in [4.69, 9.17) is 0 Å². The number of aryl methyl sites for hydroxylation is 1. The van der Waals surface area contributed by atoms with Crippen LogP contribution in [0.25, 0.3) is 11.3 Å². The fourth-order valence-electron chi connectivity index (χ4n) is 2.64. The lowest BCUT2D eigenvalue weighted by molar-refractivity contribution is 0.102. The molecule has 0 saturated heterocycles. The third-order valence-electron chi connectivity index (χ3n) is 4.39. The standard InChI is InChI=1S/C21H22N2OS/c1-4-15(3)16-8-10-17(11-9-16)19-13-25-21(22-19)23-20(24)18-7-5-6-14(2)12-18/h5-13,15H,4H2,1-3H3,(H,22,23,24). The average Bonchev–Trinajstić information content (AvgIpc) is 3.09. The van der Waals surface area contributed by atoms with Gasteiger partial charge in [-0.3, -0.25) is 10.1 Å². The molecule has 2 aromatic carbocycles. The van der Waals surface area contributed by atoms with Crippen molar-refractivity contribution in [2.24, 2.45) is 0 Å². The molecular weight excluding hydrogens is 328 g/mol. The van der Waals surface area contributed by atoms with Crippen LogP contribution in [-0.4, -0.2) is 10.9 Å². The molecule has 3 nitrogen and oxygen atoms in total. The Bertz CT molecular complexity index is 868. The lowest BCUT2D eigenvalue weighted by Gasteiger charge is -2.08. The third kappa shape index (κ3) is 4.15. The van der Waals surface area contributed by atoms with Gasteiger partial charge in [0.05, 0.1) is 5.69 Å². The molecule has 1 atom stereocenters. The van der Waals surface area contributed by atoms with Crippen LogP contribution in [0.4, 0.5) is 5.13 Å². The average molecular weight is 350 g/mol. The minimum Gasteiger partial charge on any atom is -0.298 e. The molecule has 1 N–H and O–H groups in total. The second-order valence-electron chi connectivity index (χ2n) is 6.29. The summed E-state index contributed by atoms with van der Waals surface area (Å²) in [5, 5.41) is 5.48. The van der Waals surface area contributed by atoms with Crippen LogP contribution in [0.5, 0.6) is 0 Å². The molecule has 1 aromatic heterocycles. The SMILES string of the molecule is CCC(C)c1ccc(-c2csc(NC(=O)c3cccc(C)c3)n2)cc1. The number of hydrogen-bond donors (Lipinski definition) is 1. The first-order valence-corrected chi connectivity index (χ1v) is 9.38. The number of carbonyl (C=O) groups excluding carboxylic acids is 1. The summed E-state index contributed by atoms with van der Waals surface area (Å²) in [6.45, 7) is 6.40. The Hall–Kier alpha value is -2.46. The number of carbonyl (C=O) groups is 1. The van der Waals surface area contributed by atoms with Crippen molar-refractivity contribution in [3.63, 3.8) is 0 Å². The van der Waals surface area contributed by atoms with Gasteiger partial charge >= 0.3 is 0 Å². The highest BCUT2D eigenvalue weighted by molar-refractivity contribution is 7.14. The lowest BCUT2D eigenvalue weighted by Crippen LogP contribution is -2.11. The maximum Gasteiger partial charge on any atom is 0.257 e. The van der Waals surface area contributed by atoms with Crippen LogP contribution in [0.3, 0.4) is 0 Å². The van der Waals surface area contributed by atoms with E-state index >= 15 is 0 Å². The van der Waals surface area contributed by atoms with E-state index in [0.717, 1.165) is 23.2 Å². The molecule has 4 heteroatoms. The predicted molar refractivity (Wildman–Crippen MR) is 105 cm³/mol. The van der Waals surface area contributed by atoms with E-state index in [-0.39, 0.29) is 5.91 Å². The van der Waals surface area contributed by atoms with E-state index in [0.29, 0.717) is 16.6 Å². The minimum absolute atomic E-state index is 0.128. The van der Waals surface area contributed by atoms with Crippen LogP contribution in [0.1, 0.15) is 47.7 Å². The monoisotopic (exact) mass is 350 g/mol. The van der Waals surface area contributed by atoms with Crippen molar-refractivity contribution < 1.29 is 4.79 Å². The van der Waals surface area contributed by atoms with E-state index in [1.165, 1.54) is 16.9 Å². The number of nitrogens with zero attached hydrogens (tertiary/aromatic N) is 1. The number of aromatic nitrogens is 1. The quantitative estimate of drug-likeness (QED) is 0.624. The first kappa shape index (κ1) is 17.4. The molecule has 0 bridgehead atoms. The fraction of sp³-hybridized carbons (Fsp3) is 0.238. The lowest BCUT2D eigenvalue weighted by atomic mass is 9.97. The second kappa shape index (κ2) is 7.62. The predicted octanol–water partition coefficient (Wildman–Crippen LogP) is 5.88. The van der Waals surface area contributed by atoms with E-state index in [9.17, 15) is 4.79 Å². The zero-order valence-electron chi connectivity index (χ0n) is 14.7. The van der Waals surface area contributed by atoms with Crippen molar-refractivity contribution in [1.82, 2.24) is 4.98 Å². The normalized spacial score (nSPS) is 12.0. The molecule has 0 aliphatic rings. The molecular formula is C21H22N2OS. The highest BCUT2D eigenvalue weighted by Gasteiger charge is 2.10.